The summed E-state index contributed by atoms with van der Waals surface area (Å²) in [6.07, 6.45) is -5.91. The topological polar surface area (TPSA) is 300 Å². The van der Waals surface area contributed by atoms with Crippen molar-refractivity contribution in [3.05, 3.63) is 88.4 Å². The number of anilines is 1. The average Bonchev–Trinajstić information content (AvgIpc) is 4.09. The van der Waals surface area contributed by atoms with Gasteiger partial charge in [-0.3, -0.25) is 19.2 Å². The van der Waals surface area contributed by atoms with Crippen LogP contribution in [0.25, 0.3) is 21.5 Å². The number of aromatic nitrogens is 4. The van der Waals surface area contributed by atoms with Crippen molar-refractivity contribution in [3.8, 4) is 16.2 Å². The molecule has 0 spiro atoms. The molecule has 3 aromatic heterocycles. The number of fused-ring (bicyclic) bond motifs is 1. The van der Waals surface area contributed by atoms with Crippen LogP contribution in [0.4, 0.5) is 5.82 Å². The Labute approximate surface area is 394 Å². The number of halogens is 1. The van der Waals surface area contributed by atoms with Gasteiger partial charge in [0.25, 0.3) is 5.91 Å². The number of nitrogens with two attached hydrogens (primary N) is 2. The van der Waals surface area contributed by atoms with Crippen molar-refractivity contribution in [1.82, 2.24) is 35.1 Å². The van der Waals surface area contributed by atoms with Gasteiger partial charge in [0.05, 0.1) is 39.2 Å². The lowest BCUT2D eigenvalue weighted by molar-refractivity contribution is -0.141. The fraction of sp³-hybridized carbons (Fsp3) is 0.444. The molecule has 2 aliphatic rings. The van der Waals surface area contributed by atoms with Gasteiger partial charge in [-0.2, -0.15) is 0 Å². The van der Waals surface area contributed by atoms with Crippen LogP contribution in [0.1, 0.15) is 62.3 Å². The molecule has 5 aromatic rings. The number of thiazole rings is 1. The summed E-state index contributed by atoms with van der Waals surface area (Å²) in [5.74, 6) is -1.83. The second-order valence-corrected chi connectivity index (χ2v) is 18.7. The van der Waals surface area contributed by atoms with Crippen LogP contribution in [0.15, 0.2) is 66.6 Å². The second-order valence-electron chi connectivity index (χ2n) is 17.4. The summed E-state index contributed by atoms with van der Waals surface area (Å²) in [6, 6.07) is 12.8. The number of hydrogen-bond acceptors (Lipinski definition) is 16. The first-order chi connectivity index (χ1) is 31.9. The Morgan fingerprint density at radius 2 is 1.81 bits per heavy atom. The van der Waals surface area contributed by atoms with Crippen LogP contribution in [0.3, 0.4) is 0 Å². The smallest absolute Gasteiger partial charge is 0.258 e. The number of aliphatic hydroxyl groups is 4. The predicted octanol–water partition coefficient (Wildman–Crippen LogP) is 1.90. The van der Waals surface area contributed by atoms with E-state index in [1.54, 1.807) is 43.0 Å². The Morgan fingerprint density at radius 1 is 1.04 bits per heavy atom. The maximum absolute atomic E-state index is 13.6. The molecule has 0 radical (unpaired) electrons. The van der Waals surface area contributed by atoms with Gasteiger partial charge in [-0.1, -0.05) is 55.8 Å². The van der Waals surface area contributed by atoms with Crippen molar-refractivity contribution in [1.29, 1.82) is 0 Å². The van der Waals surface area contributed by atoms with Gasteiger partial charge in [-0.05, 0) is 53.6 Å². The average molecular weight is 964 g/mol. The molecule has 7 rings (SSSR count). The number of rotatable bonds is 19. The molecule has 0 saturated carbocycles. The van der Waals surface area contributed by atoms with E-state index in [1.165, 1.54) is 34.0 Å². The number of aryl methyl sites for hydroxylation is 1. The van der Waals surface area contributed by atoms with Gasteiger partial charge in [-0.15, -0.1) is 11.3 Å². The first-order valence-electron chi connectivity index (χ1n) is 21.5. The van der Waals surface area contributed by atoms with Crippen LogP contribution in [0.2, 0.25) is 5.02 Å². The zero-order chi connectivity index (χ0) is 48.2. The van der Waals surface area contributed by atoms with Crippen molar-refractivity contribution in [2.24, 2.45) is 11.1 Å². The molecule has 2 aliphatic heterocycles. The van der Waals surface area contributed by atoms with Crippen molar-refractivity contribution in [3.63, 3.8) is 0 Å². The molecule has 2 saturated heterocycles. The largest absolute Gasteiger partial charge is 0.482 e. The molecule has 22 heteroatoms. The number of ether oxygens (including phenoxy) is 3. The molecular formula is C45H54ClN9O11S. The number of primary amides is 1. The Kier molecular flexibility index (Phi) is 15.4. The van der Waals surface area contributed by atoms with Gasteiger partial charge >= 0.3 is 0 Å². The number of carbonyl (C=O) groups is 4. The SMILES string of the molecule is Cc1ncsc1-c1ccc(CNC(=O)[C@@H]2C[C@@H](O)CN2C(=O)CC(C)(C)CC(OCCNC(=O)COc2cc([C@@H](O)[C@H]3O[C@@H](n4ccc5c(N)ncnc54)[C@H](O)[C@@H]3O)ccc2Cl)C(N)=O)cc1. The third-order valence-electron chi connectivity index (χ3n) is 11.8. The summed E-state index contributed by atoms with van der Waals surface area (Å²) in [6.45, 7) is 5.06. The monoisotopic (exact) mass is 963 g/mol. The summed E-state index contributed by atoms with van der Waals surface area (Å²) in [5.41, 5.74) is 16.0. The van der Waals surface area contributed by atoms with E-state index in [2.05, 4.69) is 25.6 Å². The first-order valence-corrected chi connectivity index (χ1v) is 22.8. The first kappa shape index (κ1) is 49.1. The van der Waals surface area contributed by atoms with Crippen molar-refractivity contribution >= 4 is 63.4 Å². The number of nitrogens with zero attached hydrogens (tertiary/aromatic N) is 5. The molecule has 20 nitrogen and oxygen atoms in total. The van der Waals surface area contributed by atoms with Crippen LogP contribution in [-0.2, 0) is 35.2 Å². The fourth-order valence-electron chi connectivity index (χ4n) is 8.29. The number of aliphatic hydroxyl groups excluding tert-OH is 4. The van der Waals surface area contributed by atoms with Crippen molar-refractivity contribution in [2.75, 3.05) is 32.0 Å². The minimum Gasteiger partial charge on any atom is -0.482 e. The quantitative estimate of drug-likeness (QED) is 0.0549. The Balaban J connectivity index is 0.851. The Hall–Kier alpha value is -5.78. The van der Waals surface area contributed by atoms with Gasteiger partial charge < -0.3 is 66.2 Å². The van der Waals surface area contributed by atoms with E-state index >= 15 is 0 Å². The summed E-state index contributed by atoms with van der Waals surface area (Å²) >= 11 is 7.90. The minimum absolute atomic E-state index is 0.0134. The maximum Gasteiger partial charge on any atom is 0.258 e. The van der Waals surface area contributed by atoms with Crippen molar-refractivity contribution in [2.45, 2.75) is 95.5 Å². The third kappa shape index (κ3) is 11.5. The third-order valence-corrected chi connectivity index (χ3v) is 13.1. The number of carbonyl (C=O) groups excluding carboxylic acids is 4. The molecule has 2 aromatic carbocycles. The highest BCUT2D eigenvalue weighted by Crippen LogP contribution is 2.39. The summed E-state index contributed by atoms with van der Waals surface area (Å²) in [5, 5.41) is 49.7. The van der Waals surface area contributed by atoms with E-state index in [4.69, 9.17) is 37.3 Å². The normalized spacial score (nSPS) is 21.6. The molecular weight excluding hydrogens is 910 g/mol. The summed E-state index contributed by atoms with van der Waals surface area (Å²) in [7, 11) is 0. The molecule has 67 heavy (non-hydrogen) atoms. The number of benzene rings is 2. The number of β-amino-alcohol motifs (C(OH)–C–C–N with tert-alkyl or cyclic N) is 1. The number of nitrogen functional groups attached to an aromatic ring is 1. The lowest BCUT2D eigenvalue weighted by Crippen LogP contribution is -2.47. The molecule has 2 fully saturated rings. The lowest BCUT2D eigenvalue weighted by Gasteiger charge is -2.31. The van der Waals surface area contributed by atoms with Gasteiger partial charge in [0.15, 0.2) is 12.8 Å². The fourth-order valence-corrected chi connectivity index (χ4v) is 9.27. The van der Waals surface area contributed by atoms with Gasteiger partial charge in [-0.25, -0.2) is 15.0 Å². The number of nitrogens with one attached hydrogen (secondary N) is 2. The summed E-state index contributed by atoms with van der Waals surface area (Å²) in [4.78, 5) is 67.1. The highest BCUT2D eigenvalue weighted by atomic mass is 35.5. The highest BCUT2D eigenvalue weighted by molar-refractivity contribution is 7.13. The summed E-state index contributed by atoms with van der Waals surface area (Å²) < 4.78 is 18.8. The zero-order valence-electron chi connectivity index (χ0n) is 37.0. The van der Waals surface area contributed by atoms with Gasteiger partial charge in [0.1, 0.15) is 60.1 Å². The van der Waals surface area contributed by atoms with Crippen LogP contribution in [0.5, 0.6) is 5.75 Å². The van der Waals surface area contributed by atoms with E-state index in [1.807, 2.05) is 31.2 Å². The lowest BCUT2D eigenvalue weighted by atomic mass is 9.82. The van der Waals surface area contributed by atoms with Gasteiger partial charge in [0.2, 0.25) is 17.7 Å². The number of hydrogen-bond donors (Lipinski definition) is 8. The molecule has 0 bridgehead atoms. The van der Waals surface area contributed by atoms with Crippen LogP contribution in [0, 0.1) is 12.3 Å². The minimum atomic E-state index is -1.51. The molecule has 5 heterocycles. The predicted molar refractivity (Wildman–Crippen MR) is 245 cm³/mol. The zero-order valence-corrected chi connectivity index (χ0v) is 38.5. The molecule has 1 unspecified atom stereocenters. The number of amides is 4. The van der Waals surface area contributed by atoms with Crippen LogP contribution in [-0.4, -0.2) is 131 Å². The van der Waals surface area contributed by atoms with E-state index in [0.717, 1.165) is 21.7 Å². The van der Waals surface area contributed by atoms with E-state index in [0.29, 0.717) is 11.0 Å². The van der Waals surface area contributed by atoms with E-state index < -0.39 is 72.7 Å². The maximum atomic E-state index is 13.6. The molecule has 4 amide bonds. The second kappa shape index (κ2) is 21.0. The van der Waals surface area contributed by atoms with Crippen LogP contribution < -0.4 is 26.8 Å². The van der Waals surface area contributed by atoms with Gasteiger partial charge in [0, 0.05) is 38.7 Å². The van der Waals surface area contributed by atoms with Crippen LogP contribution >= 0.6 is 22.9 Å². The van der Waals surface area contributed by atoms with E-state index in [9.17, 15) is 39.6 Å². The molecule has 8 atom stereocenters. The highest BCUT2D eigenvalue weighted by Gasteiger charge is 2.48. The molecule has 10 N–H and O–H groups in total. The Morgan fingerprint density at radius 3 is 2.52 bits per heavy atom. The Bertz CT molecular complexity index is 2580. The van der Waals surface area contributed by atoms with Crippen molar-refractivity contribution < 1.29 is 53.8 Å². The van der Waals surface area contributed by atoms with E-state index in [-0.39, 0.29) is 79.5 Å². The standard InChI is InChI=1S/C45H54ClN9O11S/c1-23-39(67-22-53-23)25-6-4-24(5-7-25)18-50-43(63)30-15-27(56)19-55(30)34(58)17-45(2,3)16-32(41(48)62)64-13-11-49-33(57)20-65-31-14-26(8-9-29(31)46)35(59)38-36(60)37(61)44(66-38)54-12-10-28-40(47)51-21-52-42(28)54/h4-10,12,14,21-22,27,30,32,35-38,44,56,59-61H,11,13,15-20H2,1-3H3,(H2,48,62)(H,49,57)(H,50,63)(H2,47,51,52)/t27-,30+,32?,35-,36+,37-,38-,44-/m1/s1. The molecule has 358 valence electrons. The number of likely N-dealkylation sites (tertiary alicyclic amines) is 1. The molecule has 0 aliphatic carbocycles.